The lowest BCUT2D eigenvalue weighted by Gasteiger charge is -2.37. The van der Waals surface area contributed by atoms with Crippen LogP contribution in [0.2, 0.25) is 0 Å². The van der Waals surface area contributed by atoms with Crippen molar-refractivity contribution in [3.63, 3.8) is 0 Å². The number of aromatic nitrogens is 2. The molecule has 1 saturated heterocycles. The van der Waals surface area contributed by atoms with E-state index in [1.165, 1.54) is 0 Å². The number of aliphatic hydroxyl groups excluding tert-OH is 1. The van der Waals surface area contributed by atoms with Gasteiger partial charge in [0.05, 0.1) is 17.4 Å². The number of hydrogen-bond donors (Lipinski definition) is 1. The number of aliphatic hydroxyl groups is 1. The summed E-state index contributed by atoms with van der Waals surface area (Å²) in [6.07, 6.45) is 5.30. The lowest BCUT2D eigenvalue weighted by Crippen LogP contribution is -2.46. The molecular formula is C17H21N3O2. The van der Waals surface area contributed by atoms with Crippen LogP contribution >= 0.6 is 0 Å². The van der Waals surface area contributed by atoms with Crippen molar-refractivity contribution in [2.75, 3.05) is 13.2 Å². The van der Waals surface area contributed by atoms with Gasteiger partial charge < -0.3 is 10.0 Å². The molecule has 1 aromatic heterocycles. The Morgan fingerprint density at radius 2 is 2.09 bits per heavy atom. The molecule has 1 aromatic carbocycles. The number of para-hydroxylation sites is 1. The molecule has 0 saturated carbocycles. The van der Waals surface area contributed by atoms with Gasteiger partial charge >= 0.3 is 0 Å². The van der Waals surface area contributed by atoms with Gasteiger partial charge in [0.2, 0.25) is 0 Å². The maximum Gasteiger partial charge on any atom is 0.257 e. The summed E-state index contributed by atoms with van der Waals surface area (Å²) in [5.41, 5.74) is 1.52. The van der Waals surface area contributed by atoms with E-state index in [1.807, 2.05) is 35.2 Å². The van der Waals surface area contributed by atoms with Gasteiger partial charge in [0.1, 0.15) is 0 Å². The van der Waals surface area contributed by atoms with Crippen molar-refractivity contribution in [1.29, 1.82) is 0 Å². The first-order valence-electron chi connectivity index (χ1n) is 7.71. The van der Waals surface area contributed by atoms with Crippen LogP contribution in [-0.2, 0) is 0 Å². The van der Waals surface area contributed by atoms with Crippen LogP contribution in [0.3, 0.4) is 0 Å². The van der Waals surface area contributed by atoms with Crippen LogP contribution in [0.15, 0.2) is 42.7 Å². The maximum atomic E-state index is 12.7. The first-order chi connectivity index (χ1) is 10.7. The second-order valence-corrected chi connectivity index (χ2v) is 5.94. The highest BCUT2D eigenvalue weighted by molar-refractivity contribution is 5.94. The molecule has 0 bridgehead atoms. The number of carbonyl (C=O) groups excluding carboxylic acids is 1. The topological polar surface area (TPSA) is 58.4 Å². The zero-order valence-corrected chi connectivity index (χ0v) is 12.7. The van der Waals surface area contributed by atoms with E-state index in [-0.39, 0.29) is 24.5 Å². The predicted octanol–water partition coefficient (Wildman–Crippen LogP) is 2.11. The standard InChI is InChI=1S/C17H21N3O2/c1-13-7-8-14(12-21)10-19(13)17(22)15-9-18-20(11-15)16-5-3-2-4-6-16/h2-6,9,11,13-14,21H,7-8,10,12H2,1H3. The fourth-order valence-electron chi connectivity index (χ4n) is 2.94. The normalized spacial score (nSPS) is 21.8. The van der Waals surface area contributed by atoms with E-state index in [0.29, 0.717) is 12.1 Å². The third-order valence-electron chi connectivity index (χ3n) is 4.35. The summed E-state index contributed by atoms with van der Waals surface area (Å²) < 4.78 is 1.71. The van der Waals surface area contributed by atoms with Crippen molar-refractivity contribution in [1.82, 2.24) is 14.7 Å². The molecule has 2 heterocycles. The molecule has 1 fully saturated rings. The molecule has 2 unspecified atom stereocenters. The van der Waals surface area contributed by atoms with Crippen LogP contribution in [-0.4, -0.2) is 44.9 Å². The van der Waals surface area contributed by atoms with E-state index >= 15 is 0 Å². The van der Waals surface area contributed by atoms with Gasteiger partial charge in [0.15, 0.2) is 0 Å². The number of piperidine rings is 1. The third kappa shape index (κ3) is 2.90. The molecule has 0 radical (unpaired) electrons. The van der Waals surface area contributed by atoms with Crippen LogP contribution in [0.1, 0.15) is 30.1 Å². The van der Waals surface area contributed by atoms with Crippen molar-refractivity contribution in [3.05, 3.63) is 48.3 Å². The Labute approximate surface area is 130 Å². The Morgan fingerprint density at radius 3 is 2.82 bits per heavy atom. The molecule has 22 heavy (non-hydrogen) atoms. The van der Waals surface area contributed by atoms with E-state index in [9.17, 15) is 9.90 Å². The first kappa shape index (κ1) is 14.8. The Kier molecular flexibility index (Phi) is 4.24. The summed E-state index contributed by atoms with van der Waals surface area (Å²) in [4.78, 5) is 14.6. The summed E-state index contributed by atoms with van der Waals surface area (Å²) in [5.74, 6) is 0.178. The summed E-state index contributed by atoms with van der Waals surface area (Å²) in [6.45, 7) is 2.82. The third-order valence-corrected chi connectivity index (χ3v) is 4.35. The van der Waals surface area contributed by atoms with Crippen LogP contribution < -0.4 is 0 Å². The zero-order valence-electron chi connectivity index (χ0n) is 12.7. The smallest absolute Gasteiger partial charge is 0.257 e. The summed E-state index contributed by atoms with van der Waals surface area (Å²) >= 11 is 0. The molecule has 1 N–H and O–H groups in total. The van der Waals surface area contributed by atoms with Crippen LogP contribution in [0.4, 0.5) is 0 Å². The molecule has 0 aliphatic carbocycles. The number of rotatable bonds is 3. The number of hydrogen-bond acceptors (Lipinski definition) is 3. The van der Waals surface area contributed by atoms with Crippen LogP contribution in [0.5, 0.6) is 0 Å². The van der Waals surface area contributed by atoms with Crippen molar-refractivity contribution >= 4 is 5.91 Å². The van der Waals surface area contributed by atoms with Gasteiger partial charge in [-0.25, -0.2) is 4.68 Å². The molecule has 2 aromatic rings. The van der Waals surface area contributed by atoms with Crippen molar-refractivity contribution in [2.24, 2.45) is 5.92 Å². The fraction of sp³-hybridized carbons (Fsp3) is 0.412. The second-order valence-electron chi connectivity index (χ2n) is 5.94. The van der Waals surface area contributed by atoms with Gasteiger partial charge in [-0.2, -0.15) is 5.10 Å². The largest absolute Gasteiger partial charge is 0.396 e. The quantitative estimate of drug-likeness (QED) is 0.944. The minimum atomic E-state index is -0.00664. The average molecular weight is 299 g/mol. The highest BCUT2D eigenvalue weighted by atomic mass is 16.3. The molecule has 3 rings (SSSR count). The molecule has 5 nitrogen and oxygen atoms in total. The second kappa shape index (κ2) is 6.32. The van der Waals surface area contributed by atoms with Crippen LogP contribution in [0, 0.1) is 5.92 Å². The Morgan fingerprint density at radius 1 is 1.32 bits per heavy atom. The van der Waals surface area contributed by atoms with Crippen molar-refractivity contribution in [3.8, 4) is 5.69 Å². The van der Waals surface area contributed by atoms with E-state index in [1.54, 1.807) is 17.1 Å². The Balaban J connectivity index is 1.79. The van der Waals surface area contributed by atoms with E-state index < -0.39 is 0 Å². The van der Waals surface area contributed by atoms with Crippen molar-refractivity contribution < 1.29 is 9.90 Å². The van der Waals surface area contributed by atoms with Gasteiger partial charge in [0, 0.05) is 25.4 Å². The highest BCUT2D eigenvalue weighted by Crippen LogP contribution is 2.23. The van der Waals surface area contributed by atoms with Gasteiger partial charge in [-0.1, -0.05) is 18.2 Å². The number of carbonyl (C=O) groups is 1. The minimum absolute atomic E-state index is 0.00664. The number of amides is 1. The summed E-state index contributed by atoms with van der Waals surface area (Å²) in [7, 11) is 0. The minimum Gasteiger partial charge on any atom is -0.396 e. The van der Waals surface area contributed by atoms with E-state index in [0.717, 1.165) is 18.5 Å². The Bertz CT molecular complexity index is 638. The molecule has 1 amide bonds. The summed E-state index contributed by atoms with van der Waals surface area (Å²) in [6, 6.07) is 9.94. The maximum absolute atomic E-state index is 12.7. The van der Waals surface area contributed by atoms with E-state index in [4.69, 9.17) is 0 Å². The average Bonchev–Trinajstić information content (AvgIpc) is 3.05. The Hall–Kier alpha value is -2.14. The monoisotopic (exact) mass is 299 g/mol. The van der Waals surface area contributed by atoms with Gasteiger partial charge in [-0.05, 0) is 37.8 Å². The first-order valence-corrected chi connectivity index (χ1v) is 7.71. The molecule has 2 atom stereocenters. The number of benzene rings is 1. The fourth-order valence-corrected chi connectivity index (χ4v) is 2.94. The molecule has 0 spiro atoms. The van der Waals surface area contributed by atoms with Crippen LogP contribution in [0.25, 0.3) is 5.69 Å². The molecule has 5 heteroatoms. The highest BCUT2D eigenvalue weighted by Gasteiger charge is 2.29. The SMILES string of the molecule is CC1CCC(CO)CN1C(=O)c1cnn(-c2ccccc2)c1. The van der Waals surface area contributed by atoms with Gasteiger partial charge in [-0.15, -0.1) is 0 Å². The molecular weight excluding hydrogens is 278 g/mol. The number of nitrogens with zero attached hydrogens (tertiary/aromatic N) is 3. The lowest BCUT2D eigenvalue weighted by molar-refractivity contribution is 0.0489. The molecule has 1 aliphatic rings. The molecule has 1 aliphatic heterocycles. The number of likely N-dealkylation sites (tertiary alicyclic amines) is 1. The van der Waals surface area contributed by atoms with Gasteiger partial charge in [-0.3, -0.25) is 4.79 Å². The zero-order chi connectivity index (χ0) is 15.5. The predicted molar refractivity (Wildman–Crippen MR) is 83.9 cm³/mol. The van der Waals surface area contributed by atoms with Crippen molar-refractivity contribution in [2.45, 2.75) is 25.8 Å². The van der Waals surface area contributed by atoms with Gasteiger partial charge in [0.25, 0.3) is 5.91 Å². The summed E-state index contributed by atoms with van der Waals surface area (Å²) in [5, 5.41) is 13.6. The van der Waals surface area contributed by atoms with E-state index in [2.05, 4.69) is 12.0 Å². The lowest BCUT2D eigenvalue weighted by atomic mass is 9.93. The molecule has 116 valence electrons.